The van der Waals surface area contributed by atoms with Crippen LogP contribution in [0.25, 0.3) is 0 Å². The zero-order valence-electron chi connectivity index (χ0n) is 11.7. The van der Waals surface area contributed by atoms with Crippen molar-refractivity contribution in [3.8, 4) is 0 Å². The number of halogens is 3. The van der Waals surface area contributed by atoms with E-state index >= 15 is 0 Å². The first-order valence-corrected chi connectivity index (χ1v) is 7.95. The van der Waals surface area contributed by atoms with E-state index < -0.39 is 17.1 Å². The van der Waals surface area contributed by atoms with Gasteiger partial charge in [-0.2, -0.15) is 13.2 Å². The van der Waals surface area contributed by atoms with E-state index in [1.54, 1.807) is 0 Å². The van der Waals surface area contributed by atoms with E-state index in [1.807, 2.05) is 0 Å². The lowest BCUT2D eigenvalue weighted by molar-refractivity contribution is -0.134. The van der Waals surface area contributed by atoms with Crippen LogP contribution in [0.4, 0.5) is 23.1 Å². The fraction of sp³-hybridized carbons (Fsp3) is 0.692. The van der Waals surface area contributed by atoms with Crippen molar-refractivity contribution in [3.63, 3.8) is 0 Å². The quantitative estimate of drug-likeness (QED) is 0.891. The van der Waals surface area contributed by atoms with Crippen molar-refractivity contribution in [2.24, 2.45) is 5.92 Å². The Morgan fingerprint density at radius 2 is 2.14 bits per heavy atom. The van der Waals surface area contributed by atoms with Gasteiger partial charge in [-0.3, -0.25) is 5.32 Å². The van der Waals surface area contributed by atoms with Gasteiger partial charge in [0.25, 0.3) is 0 Å². The van der Waals surface area contributed by atoms with Gasteiger partial charge in [-0.25, -0.2) is 9.78 Å². The van der Waals surface area contributed by atoms with Crippen molar-refractivity contribution in [1.29, 1.82) is 0 Å². The van der Waals surface area contributed by atoms with Gasteiger partial charge in [0.05, 0.1) is 12.3 Å². The Morgan fingerprint density at radius 3 is 2.77 bits per heavy atom. The van der Waals surface area contributed by atoms with Crippen LogP contribution in [0, 0.1) is 5.92 Å². The molecule has 1 aliphatic carbocycles. The fourth-order valence-corrected chi connectivity index (χ4v) is 3.22. The fourth-order valence-electron chi connectivity index (χ4n) is 2.54. The number of amides is 2. The number of rotatable bonds is 3. The number of thiazole rings is 1. The molecule has 3 rings (SSSR count). The minimum atomic E-state index is -4.44. The number of alkyl halides is 3. The molecule has 1 saturated carbocycles. The van der Waals surface area contributed by atoms with Crippen LogP contribution in [0.15, 0.2) is 6.20 Å². The predicted molar refractivity (Wildman–Crippen MR) is 74.8 cm³/mol. The highest BCUT2D eigenvalue weighted by molar-refractivity contribution is 7.15. The first-order valence-electron chi connectivity index (χ1n) is 7.14. The van der Waals surface area contributed by atoms with Crippen molar-refractivity contribution in [2.75, 3.05) is 11.9 Å². The van der Waals surface area contributed by atoms with Gasteiger partial charge in [-0.15, -0.1) is 0 Å². The molecular formula is C13H16F3N3O2S. The van der Waals surface area contributed by atoms with Crippen molar-refractivity contribution < 1.29 is 22.7 Å². The van der Waals surface area contributed by atoms with Crippen LogP contribution in [0.2, 0.25) is 0 Å². The number of carbonyl (C=O) groups is 1. The summed E-state index contributed by atoms with van der Waals surface area (Å²) >= 11 is 0.413. The topological polar surface area (TPSA) is 63.2 Å². The number of anilines is 1. The zero-order valence-corrected chi connectivity index (χ0v) is 12.5. The third-order valence-corrected chi connectivity index (χ3v) is 4.76. The molecule has 9 heteroatoms. The highest BCUT2D eigenvalue weighted by Crippen LogP contribution is 2.38. The van der Waals surface area contributed by atoms with E-state index in [1.165, 1.54) is 12.8 Å². The van der Waals surface area contributed by atoms with Crippen LogP contribution in [0.1, 0.15) is 30.6 Å². The summed E-state index contributed by atoms with van der Waals surface area (Å²) in [7, 11) is 0. The summed E-state index contributed by atoms with van der Waals surface area (Å²) in [5.74, 6) is 0.598. The molecule has 1 aromatic rings. The first kappa shape index (κ1) is 15.5. The van der Waals surface area contributed by atoms with E-state index in [0.29, 0.717) is 30.3 Å². The molecule has 0 aromatic carbocycles. The number of ether oxygens (including phenoxy) is 1. The Kier molecular flexibility index (Phi) is 4.26. The summed E-state index contributed by atoms with van der Waals surface area (Å²) in [6.45, 7) is 0.599. The summed E-state index contributed by atoms with van der Waals surface area (Å²) in [5, 5.41) is 5.08. The second-order valence-corrected chi connectivity index (χ2v) is 6.62. The van der Waals surface area contributed by atoms with E-state index in [9.17, 15) is 18.0 Å². The van der Waals surface area contributed by atoms with Crippen LogP contribution >= 0.6 is 11.3 Å². The summed E-state index contributed by atoms with van der Waals surface area (Å²) in [6, 6.07) is -0.536. The third-order valence-electron chi connectivity index (χ3n) is 3.80. The average Bonchev–Trinajstić information content (AvgIpc) is 3.18. The van der Waals surface area contributed by atoms with Gasteiger partial charge in [-0.05, 0) is 31.6 Å². The number of hydrogen-bond donors (Lipinski definition) is 2. The first-order chi connectivity index (χ1) is 10.4. The van der Waals surface area contributed by atoms with E-state index in [4.69, 9.17) is 4.74 Å². The second-order valence-electron chi connectivity index (χ2n) is 5.59. The normalized spacial score (nSPS) is 25.8. The number of carbonyl (C=O) groups excluding carboxylic acids is 1. The standard InChI is InChI=1S/C13H16F3N3O2S/c14-13(15,16)10-6-17-12(22-10)19-11(20)18-8-3-4-21-9(5-8)7-1-2-7/h6-9H,1-5H2,(H2,17,18,19,20)/t8-,9-/m1/s1. The molecule has 2 amide bonds. The molecule has 0 bridgehead atoms. The highest BCUT2D eigenvalue weighted by atomic mass is 32.1. The number of nitrogens with zero attached hydrogens (tertiary/aromatic N) is 1. The molecule has 0 radical (unpaired) electrons. The number of aromatic nitrogens is 1. The van der Waals surface area contributed by atoms with Crippen molar-refractivity contribution in [2.45, 2.75) is 44.0 Å². The molecule has 122 valence electrons. The Morgan fingerprint density at radius 1 is 1.36 bits per heavy atom. The second kappa shape index (κ2) is 6.04. The summed E-state index contributed by atoms with van der Waals surface area (Å²) in [4.78, 5) is 14.6. The van der Waals surface area contributed by atoms with Gasteiger partial charge < -0.3 is 10.1 Å². The largest absolute Gasteiger partial charge is 0.427 e. The molecule has 2 fully saturated rings. The van der Waals surface area contributed by atoms with E-state index in [-0.39, 0.29) is 17.3 Å². The smallest absolute Gasteiger partial charge is 0.378 e. The maximum absolute atomic E-state index is 12.5. The summed E-state index contributed by atoms with van der Waals surface area (Å²) in [6.07, 6.45) is 0.276. The van der Waals surface area contributed by atoms with Gasteiger partial charge in [0.15, 0.2) is 5.13 Å². The Balaban J connectivity index is 1.50. The number of urea groups is 1. The van der Waals surface area contributed by atoms with Gasteiger partial charge in [0, 0.05) is 12.6 Å². The van der Waals surface area contributed by atoms with Crippen LogP contribution in [-0.4, -0.2) is 29.8 Å². The zero-order chi connectivity index (χ0) is 15.7. The lowest BCUT2D eigenvalue weighted by atomic mass is 10.0. The van der Waals surface area contributed by atoms with Crippen molar-refractivity contribution in [1.82, 2.24) is 10.3 Å². The lowest BCUT2D eigenvalue weighted by Crippen LogP contribution is -2.44. The van der Waals surface area contributed by atoms with Crippen LogP contribution in [0.5, 0.6) is 0 Å². The molecule has 1 saturated heterocycles. The average molecular weight is 335 g/mol. The minimum absolute atomic E-state index is 0.0126. The summed E-state index contributed by atoms with van der Waals surface area (Å²) in [5.41, 5.74) is 0. The Bertz CT molecular complexity index is 545. The molecule has 2 heterocycles. The van der Waals surface area contributed by atoms with Crippen LogP contribution in [0.3, 0.4) is 0 Å². The SMILES string of the molecule is O=C(Nc1ncc(C(F)(F)F)s1)N[C@@H]1CCO[C@@H](C2CC2)C1. The predicted octanol–water partition coefficient (Wildman–Crippen LogP) is 3.24. The van der Waals surface area contributed by atoms with Crippen molar-refractivity contribution >= 4 is 22.5 Å². The minimum Gasteiger partial charge on any atom is -0.378 e. The van der Waals surface area contributed by atoms with Crippen LogP contribution < -0.4 is 10.6 Å². The maximum atomic E-state index is 12.5. The van der Waals surface area contributed by atoms with E-state index in [0.717, 1.165) is 12.6 Å². The van der Waals surface area contributed by atoms with Crippen molar-refractivity contribution in [3.05, 3.63) is 11.1 Å². The molecule has 0 unspecified atom stereocenters. The molecule has 1 aliphatic heterocycles. The Hall–Kier alpha value is -1.35. The lowest BCUT2D eigenvalue weighted by Gasteiger charge is -2.30. The van der Waals surface area contributed by atoms with Gasteiger partial charge in [0.2, 0.25) is 0 Å². The molecule has 22 heavy (non-hydrogen) atoms. The molecule has 2 N–H and O–H groups in total. The maximum Gasteiger partial charge on any atom is 0.427 e. The van der Waals surface area contributed by atoms with Gasteiger partial charge in [-0.1, -0.05) is 11.3 Å². The molecule has 0 spiro atoms. The van der Waals surface area contributed by atoms with Gasteiger partial charge in [0.1, 0.15) is 4.88 Å². The molecular weight excluding hydrogens is 319 g/mol. The molecule has 2 aliphatic rings. The van der Waals surface area contributed by atoms with Crippen LogP contribution in [-0.2, 0) is 10.9 Å². The summed E-state index contributed by atoms with van der Waals surface area (Å²) < 4.78 is 43.1. The third kappa shape index (κ3) is 3.89. The number of nitrogens with one attached hydrogen (secondary N) is 2. The number of hydrogen-bond acceptors (Lipinski definition) is 4. The monoisotopic (exact) mass is 335 g/mol. The molecule has 1 aromatic heterocycles. The molecule has 5 nitrogen and oxygen atoms in total. The Labute approximate surface area is 129 Å². The molecule has 2 atom stereocenters. The van der Waals surface area contributed by atoms with Gasteiger partial charge >= 0.3 is 12.2 Å². The van der Waals surface area contributed by atoms with E-state index in [2.05, 4.69) is 15.6 Å². The highest BCUT2D eigenvalue weighted by Gasteiger charge is 2.36.